The molecule has 0 saturated carbocycles. The van der Waals surface area contributed by atoms with E-state index < -0.39 is 0 Å². The van der Waals surface area contributed by atoms with E-state index in [0.717, 1.165) is 36.0 Å². The van der Waals surface area contributed by atoms with E-state index in [4.69, 9.17) is 0 Å². The minimum atomic E-state index is -0.179. The fourth-order valence-corrected chi connectivity index (χ4v) is 3.98. The van der Waals surface area contributed by atoms with Crippen LogP contribution >= 0.6 is 11.8 Å². The normalized spacial score (nSPS) is 20.7. The van der Waals surface area contributed by atoms with Crippen LogP contribution in [0.15, 0.2) is 23.1 Å². The maximum absolute atomic E-state index is 12.2. The maximum Gasteiger partial charge on any atom is 0.293 e. The molecule has 2 amide bonds. The van der Waals surface area contributed by atoms with Crippen molar-refractivity contribution in [3.63, 3.8) is 0 Å². The van der Waals surface area contributed by atoms with Crippen LogP contribution in [0.4, 0.5) is 10.5 Å². The molecule has 3 rings (SSSR count). The minimum Gasteiger partial charge on any atom is -0.372 e. The molecular formula is C18H22N2O2S. The van der Waals surface area contributed by atoms with Crippen LogP contribution < -0.4 is 4.90 Å². The van der Waals surface area contributed by atoms with Gasteiger partial charge in [-0.1, -0.05) is 6.07 Å². The average Bonchev–Trinajstić information content (AvgIpc) is 2.83. The van der Waals surface area contributed by atoms with Crippen LogP contribution in [0.5, 0.6) is 0 Å². The number of aryl methyl sites for hydroxylation is 1. The summed E-state index contributed by atoms with van der Waals surface area (Å²) in [5.74, 6) is -0.179. The molecule has 0 radical (unpaired) electrons. The Hall–Kier alpha value is -1.75. The molecule has 2 fully saturated rings. The molecular weight excluding hydrogens is 308 g/mol. The lowest BCUT2D eigenvalue weighted by atomic mass is 10.0. The molecule has 0 unspecified atom stereocenters. The number of thioether (sulfide) groups is 1. The highest BCUT2D eigenvalue weighted by molar-refractivity contribution is 8.18. The topological polar surface area (TPSA) is 40.6 Å². The summed E-state index contributed by atoms with van der Waals surface area (Å²) in [4.78, 5) is 28.2. The molecule has 0 N–H and O–H groups in total. The quantitative estimate of drug-likeness (QED) is 0.784. The monoisotopic (exact) mass is 330 g/mol. The van der Waals surface area contributed by atoms with Gasteiger partial charge >= 0.3 is 0 Å². The number of hydrogen-bond acceptors (Lipinski definition) is 4. The van der Waals surface area contributed by atoms with Crippen molar-refractivity contribution in [3.05, 3.63) is 34.2 Å². The third kappa shape index (κ3) is 3.29. The third-order valence-electron chi connectivity index (χ3n) is 4.45. The van der Waals surface area contributed by atoms with Gasteiger partial charge in [0.15, 0.2) is 0 Å². The van der Waals surface area contributed by atoms with Gasteiger partial charge in [-0.15, -0.1) is 0 Å². The van der Waals surface area contributed by atoms with Gasteiger partial charge < -0.3 is 4.90 Å². The Balaban J connectivity index is 1.82. The zero-order chi connectivity index (χ0) is 16.4. The number of amides is 2. The number of nitrogens with zero attached hydrogens (tertiary/aromatic N) is 2. The van der Waals surface area contributed by atoms with E-state index in [1.54, 1.807) is 0 Å². The molecule has 4 nitrogen and oxygen atoms in total. The van der Waals surface area contributed by atoms with E-state index in [-0.39, 0.29) is 11.1 Å². The molecule has 2 aliphatic heterocycles. The SMILES string of the molecule is CCN1C(=O)S/C(=C/c2ccc(N3CCCCC3)cc2C)C1=O. The second-order valence-electron chi connectivity index (χ2n) is 6.01. The van der Waals surface area contributed by atoms with E-state index in [9.17, 15) is 9.59 Å². The molecule has 122 valence electrons. The lowest BCUT2D eigenvalue weighted by Gasteiger charge is -2.29. The van der Waals surface area contributed by atoms with Crippen LogP contribution in [-0.2, 0) is 4.79 Å². The van der Waals surface area contributed by atoms with Gasteiger partial charge in [-0.2, -0.15) is 0 Å². The smallest absolute Gasteiger partial charge is 0.293 e. The number of imide groups is 1. The summed E-state index contributed by atoms with van der Waals surface area (Å²) < 4.78 is 0. The van der Waals surface area contributed by atoms with Crippen LogP contribution in [0.1, 0.15) is 37.3 Å². The molecule has 5 heteroatoms. The summed E-state index contributed by atoms with van der Waals surface area (Å²) in [6.45, 7) is 6.54. The van der Waals surface area contributed by atoms with Crippen molar-refractivity contribution in [1.29, 1.82) is 0 Å². The molecule has 0 spiro atoms. The summed E-state index contributed by atoms with van der Waals surface area (Å²) in [7, 11) is 0. The predicted molar refractivity (Wildman–Crippen MR) is 95.6 cm³/mol. The van der Waals surface area contributed by atoms with Gasteiger partial charge in [-0.25, -0.2) is 0 Å². The van der Waals surface area contributed by atoms with E-state index in [2.05, 4.69) is 30.0 Å². The number of anilines is 1. The van der Waals surface area contributed by atoms with Crippen LogP contribution in [-0.4, -0.2) is 35.7 Å². The Morgan fingerprint density at radius 1 is 1.17 bits per heavy atom. The molecule has 2 saturated heterocycles. The van der Waals surface area contributed by atoms with Crippen molar-refractivity contribution in [2.75, 3.05) is 24.5 Å². The molecule has 1 aromatic carbocycles. The van der Waals surface area contributed by atoms with Crippen LogP contribution in [0.25, 0.3) is 6.08 Å². The van der Waals surface area contributed by atoms with Gasteiger partial charge in [0.2, 0.25) is 0 Å². The molecule has 0 bridgehead atoms. The van der Waals surface area contributed by atoms with Crippen molar-refractivity contribution in [2.45, 2.75) is 33.1 Å². The Morgan fingerprint density at radius 2 is 1.91 bits per heavy atom. The van der Waals surface area contributed by atoms with Crippen LogP contribution in [0.2, 0.25) is 0 Å². The van der Waals surface area contributed by atoms with E-state index in [0.29, 0.717) is 11.4 Å². The van der Waals surface area contributed by atoms with E-state index in [1.807, 2.05) is 13.0 Å². The summed E-state index contributed by atoms with van der Waals surface area (Å²) in [5, 5.41) is -0.175. The first kappa shape index (κ1) is 16.1. The minimum absolute atomic E-state index is 0.175. The zero-order valence-electron chi connectivity index (χ0n) is 13.7. The van der Waals surface area contributed by atoms with Crippen molar-refractivity contribution in [1.82, 2.24) is 4.90 Å². The van der Waals surface area contributed by atoms with E-state index in [1.165, 1.54) is 29.8 Å². The first-order valence-corrected chi connectivity index (χ1v) is 9.02. The number of benzene rings is 1. The number of carbonyl (C=O) groups excluding carboxylic acids is 2. The van der Waals surface area contributed by atoms with Gasteiger partial charge in [0.05, 0.1) is 4.91 Å². The van der Waals surface area contributed by atoms with Gasteiger partial charge in [-0.3, -0.25) is 14.5 Å². The van der Waals surface area contributed by atoms with Crippen LogP contribution in [0.3, 0.4) is 0 Å². The first-order valence-electron chi connectivity index (χ1n) is 8.21. The Bertz CT molecular complexity index is 663. The standard InChI is InChI=1S/C18H22N2O2S/c1-3-20-17(21)16(23-18(20)22)12-14-7-8-15(11-13(14)2)19-9-5-4-6-10-19/h7-8,11-12H,3-6,9-10H2,1-2H3/b16-12+. The summed E-state index contributed by atoms with van der Waals surface area (Å²) in [5.41, 5.74) is 3.39. The molecule has 0 aromatic heterocycles. The van der Waals surface area contributed by atoms with Gasteiger partial charge in [0.1, 0.15) is 0 Å². The maximum atomic E-state index is 12.2. The van der Waals surface area contributed by atoms with Crippen molar-refractivity contribution in [3.8, 4) is 0 Å². The lowest BCUT2D eigenvalue weighted by molar-refractivity contribution is -0.122. The average molecular weight is 330 g/mol. The highest BCUT2D eigenvalue weighted by Crippen LogP contribution is 2.33. The largest absolute Gasteiger partial charge is 0.372 e. The highest BCUT2D eigenvalue weighted by atomic mass is 32.2. The predicted octanol–water partition coefficient (Wildman–Crippen LogP) is 4.04. The number of rotatable bonds is 3. The number of carbonyl (C=O) groups is 2. The van der Waals surface area contributed by atoms with Crippen molar-refractivity contribution >= 4 is 34.7 Å². The molecule has 2 heterocycles. The Labute approximate surface area is 141 Å². The molecule has 0 atom stereocenters. The molecule has 1 aromatic rings. The molecule has 23 heavy (non-hydrogen) atoms. The van der Waals surface area contributed by atoms with Gasteiger partial charge in [-0.05, 0) is 74.2 Å². The second kappa shape index (κ2) is 6.79. The third-order valence-corrected chi connectivity index (χ3v) is 5.36. The number of likely N-dealkylation sites (N-methyl/N-ethyl adjacent to an activating group) is 1. The highest BCUT2D eigenvalue weighted by Gasteiger charge is 2.33. The Kier molecular flexibility index (Phi) is 4.76. The zero-order valence-corrected chi connectivity index (χ0v) is 14.5. The fraction of sp³-hybridized carbons (Fsp3) is 0.444. The molecule has 0 aliphatic carbocycles. The van der Waals surface area contributed by atoms with Crippen molar-refractivity contribution < 1.29 is 9.59 Å². The van der Waals surface area contributed by atoms with E-state index >= 15 is 0 Å². The Morgan fingerprint density at radius 3 is 2.52 bits per heavy atom. The van der Waals surface area contributed by atoms with Crippen LogP contribution in [0, 0.1) is 6.92 Å². The van der Waals surface area contributed by atoms with Crippen molar-refractivity contribution in [2.24, 2.45) is 0 Å². The summed E-state index contributed by atoms with van der Waals surface area (Å²) in [6.07, 6.45) is 5.67. The first-order chi connectivity index (χ1) is 11.1. The van der Waals surface area contributed by atoms with Gasteiger partial charge in [0.25, 0.3) is 11.1 Å². The number of hydrogen-bond donors (Lipinski definition) is 0. The summed E-state index contributed by atoms with van der Waals surface area (Å²) >= 11 is 1.03. The second-order valence-corrected chi connectivity index (χ2v) is 7.01. The van der Waals surface area contributed by atoms with Gasteiger partial charge in [0, 0.05) is 25.3 Å². The number of piperidine rings is 1. The lowest BCUT2D eigenvalue weighted by Crippen LogP contribution is -2.29. The fourth-order valence-electron chi connectivity index (χ4n) is 3.08. The molecule has 2 aliphatic rings. The summed E-state index contributed by atoms with van der Waals surface area (Å²) in [6, 6.07) is 6.36.